The van der Waals surface area contributed by atoms with Crippen LogP contribution in [0.2, 0.25) is 0 Å². The lowest BCUT2D eigenvalue weighted by Gasteiger charge is -2.31. The lowest BCUT2D eigenvalue weighted by molar-refractivity contribution is 0.284. The van der Waals surface area contributed by atoms with Crippen molar-refractivity contribution in [2.45, 2.75) is 79.6 Å². The predicted octanol–water partition coefficient (Wildman–Crippen LogP) is 8.89. The van der Waals surface area contributed by atoms with Crippen LogP contribution in [-0.2, 0) is 0 Å². The first-order valence-electron chi connectivity index (χ1n) is 11.1. The van der Waals surface area contributed by atoms with Gasteiger partial charge in [0.25, 0.3) is 0 Å². The predicted molar refractivity (Wildman–Crippen MR) is 128 cm³/mol. The molecule has 0 radical (unpaired) electrons. The molecule has 0 spiro atoms. The highest BCUT2D eigenvalue weighted by Gasteiger charge is 2.25. The van der Waals surface area contributed by atoms with Crippen molar-refractivity contribution in [2.75, 3.05) is 0 Å². The number of aliphatic hydroxyl groups excluding tert-OH is 1. The molecule has 0 heterocycles. The van der Waals surface area contributed by atoms with Crippen molar-refractivity contribution in [1.29, 1.82) is 0 Å². The van der Waals surface area contributed by atoms with E-state index in [9.17, 15) is 0 Å². The molecule has 0 saturated heterocycles. The zero-order valence-corrected chi connectivity index (χ0v) is 19.1. The molecule has 28 heavy (non-hydrogen) atoms. The van der Waals surface area contributed by atoms with Gasteiger partial charge in [0.15, 0.2) is 0 Å². The van der Waals surface area contributed by atoms with E-state index in [0.717, 1.165) is 30.4 Å². The Morgan fingerprint density at radius 3 is 2.57 bits per heavy atom. The molecule has 0 aromatic heterocycles. The molecule has 0 fully saturated rings. The van der Waals surface area contributed by atoms with Crippen LogP contribution in [0, 0.1) is 17.8 Å². The molecule has 0 aromatic carbocycles. The van der Waals surface area contributed by atoms with E-state index in [1.807, 2.05) is 13.8 Å². The third-order valence-electron chi connectivity index (χ3n) is 5.24. The third kappa shape index (κ3) is 11.2. The van der Waals surface area contributed by atoms with Crippen LogP contribution < -0.4 is 0 Å². The largest absolute Gasteiger partial charge is 0.516 e. The average molecular weight is 385 g/mol. The van der Waals surface area contributed by atoms with Crippen LogP contribution in [0.3, 0.4) is 0 Å². The summed E-state index contributed by atoms with van der Waals surface area (Å²) in [5.74, 6) is 2.35. The maximum Gasteiger partial charge on any atom is 0.0719 e. The lowest BCUT2D eigenvalue weighted by Crippen LogP contribution is -2.20. The van der Waals surface area contributed by atoms with E-state index < -0.39 is 0 Å². The summed E-state index contributed by atoms with van der Waals surface area (Å²) in [6, 6.07) is 0. The summed E-state index contributed by atoms with van der Waals surface area (Å²) in [5.41, 5.74) is 4.26. The van der Waals surface area contributed by atoms with Gasteiger partial charge in [-0.3, -0.25) is 0 Å². The Labute approximate surface area is 175 Å². The number of hydrogen-bond donors (Lipinski definition) is 1. The maximum absolute atomic E-state index is 7.33. The Kier molecular flexibility index (Phi) is 15.2. The maximum atomic E-state index is 7.33. The van der Waals surface area contributed by atoms with Gasteiger partial charge in [0.2, 0.25) is 0 Å². The van der Waals surface area contributed by atoms with E-state index in [0.29, 0.717) is 0 Å². The van der Waals surface area contributed by atoms with Crippen molar-refractivity contribution in [3.05, 3.63) is 72.6 Å². The van der Waals surface area contributed by atoms with Crippen molar-refractivity contribution in [3.63, 3.8) is 0 Å². The SMILES string of the molecule is C=C(C)CC(CCC)C1C=CCC(CC2=CCC=C(C)C=C2)C1.C=CO.CC. The monoisotopic (exact) mass is 384 g/mol. The van der Waals surface area contributed by atoms with Crippen LogP contribution in [-0.4, -0.2) is 5.11 Å². The molecule has 1 heteroatoms. The molecular weight excluding hydrogens is 340 g/mol. The van der Waals surface area contributed by atoms with Gasteiger partial charge >= 0.3 is 0 Å². The Morgan fingerprint density at radius 2 is 1.96 bits per heavy atom. The fourth-order valence-electron chi connectivity index (χ4n) is 4.06. The quantitative estimate of drug-likeness (QED) is 0.343. The van der Waals surface area contributed by atoms with Gasteiger partial charge in [0, 0.05) is 0 Å². The fourth-order valence-corrected chi connectivity index (χ4v) is 4.06. The van der Waals surface area contributed by atoms with E-state index in [1.54, 1.807) is 0 Å². The summed E-state index contributed by atoms with van der Waals surface area (Å²) in [6.45, 7) is 17.8. The summed E-state index contributed by atoms with van der Waals surface area (Å²) in [4.78, 5) is 0. The molecule has 158 valence electrons. The highest BCUT2D eigenvalue weighted by Crippen LogP contribution is 2.37. The fraction of sp³-hybridized carbons (Fsp3) is 0.556. The van der Waals surface area contributed by atoms with E-state index >= 15 is 0 Å². The van der Waals surface area contributed by atoms with Gasteiger partial charge in [-0.2, -0.15) is 0 Å². The van der Waals surface area contributed by atoms with Crippen molar-refractivity contribution in [1.82, 2.24) is 0 Å². The minimum atomic E-state index is 0.750. The highest BCUT2D eigenvalue weighted by molar-refractivity contribution is 5.31. The number of allylic oxidation sites excluding steroid dienone is 9. The van der Waals surface area contributed by atoms with Crippen molar-refractivity contribution in [3.8, 4) is 0 Å². The zero-order chi connectivity index (χ0) is 21.4. The molecule has 0 aliphatic heterocycles. The number of rotatable bonds is 7. The Hall–Kier alpha value is -1.76. The molecule has 0 bridgehead atoms. The highest BCUT2D eigenvalue weighted by atomic mass is 16.2. The first kappa shape index (κ1) is 26.2. The molecule has 2 aliphatic rings. The van der Waals surface area contributed by atoms with Crippen molar-refractivity contribution >= 4 is 0 Å². The van der Waals surface area contributed by atoms with Crippen LogP contribution in [0.5, 0.6) is 0 Å². The molecular formula is C27H44O. The Balaban J connectivity index is 0.00000133. The van der Waals surface area contributed by atoms with Gasteiger partial charge in [-0.15, -0.1) is 6.58 Å². The van der Waals surface area contributed by atoms with Gasteiger partial charge in [-0.05, 0) is 70.1 Å². The third-order valence-corrected chi connectivity index (χ3v) is 5.24. The lowest BCUT2D eigenvalue weighted by atomic mass is 9.74. The Bertz CT molecular complexity index is 559. The van der Waals surface area contributed by atoms with Gasteiger partial charge in [0.05, 0.1) is 6.26 Å². The van der Waals surface area contributed by atoms with Gasteiger partial charge in [-0.1, -0.05) is 86.9 Å². The van der Waals surface area contributed by atoms with E-state index in [2.05, 4.69) is 70.4 Å². The first-order valence-corrected chi connectivity index (χ1v) is 11.1. The molecule has 1 nitrogen and oxygen atoms in total. The molecule has 1 N–H and O–H groups in total. The second-order valence-electron chi connectivity index (χ2n) is 7.82. The smallest absolute Gasteiger partial charge is 0.0719 e. The van der Waals surface area contributed by atoms with E-state index in [4.69, 9.17) is 5.11 Å². The van der Waals surface area contributed by atoms with Gasteiger partial charge in [0.1, 0.15) is 0 Å². The van der Waals surface area contributed by atoms with Crippen LogP contribution in [0.25, 0.3) is 0 Å². The van der Waals surface area contributed by atoms with Crippen LogP contribution >= 0.6 is 0 Å². The minimum absolute atomic E-state index is 0.750. The Morgan fingerprint density at radius 1 is 1.29 bits per heavy atom. The first-order chi connectivity index (χ1) is 13.5. The molecule has 3 unspecified atom stereocenters. The van der Waals surface area contributed by atoms with E-state index in [1.165, 1.54) is 55.2 Å². The topological polar surface area (TPSA) is 20.2 Å². The van der Waals surface area contributed by atoms with Gasteiger partial charge < -0.3 is 5.11 Å². The summed E-state index contributed by atoms with van der Waals surface area (Å²) in [7, 11) is 0. The van der Waals surface area contributed by atoms with Crippen molar-refractivity contribution < 1.29 is 5.11 Å². The second-order valence-corrected chi connectivity index (χ2v) is 7.82. The molecule has 0 amide bonds. The average Bonchev–Trinajstić information content (AvgIpc) is 2.88. The molecule has 0 saturated carbocycles. The molecule has 2 aliphatic carbocycles. The number of hydrogen-bond acceptors (Lipinski definition) is 1. The second kappa shape index (κ2) is 16.2. The summed E-state index contributed by atoms with van der Waals surface area (Å²) in [6.07, 6.45) is 23.8. The minimum Gasteiger partial charge on any atom is -0.516 e. The molecule has 0 aromatic rings. The van der Waals surface area contributed by atoms with Crippen molar-refractivity contribution in [2.24, 2.45) is 17.8 Å². The van der Waals surface area contributed by atoms with Crippen LogP contribution in [0.1, 0.15) is 79.6 Å². The summed E-state index contributed by atoms with van der Waals surface area (Å²) in [5, 5.41) is 7.33. The van der Waals surface area contributed by atoms with Crippen LogP contribution in [0.15, 0.2) is 72.6 Å². The van der Waals surface area contributed by atoms with E-state index in [-0.39, 0.29) is 0 Å². The standard InChI is InChI=1S/C23H34.C2H4O.C2H6/c1-5-8-22(15-18(2)3)23-12-7-11-21(17-23)16-20-10-6-9-19(4)13-14-20;1-2-3;1-2/h7,9-10,12-14,21-23H,2,5-6,8,11,15-17H2,1,3-4H3;2-3H,1H2;1-2H3. The van der Waals surface area contributed by atoms with Gasteiger partial charge in [-0.25, -0.2) is 0 Å². The van der Waals surface area contributed by atoms with Crippen LogP contribution in [0.4, 0.5) is 0 Å². The number of aliphatic hydroxyl groups is 1. The molecule has 2 rings (SSSR count). The molecule has 3 atom stereocenters. The zero-order valence-electron chi connectivity index (χ0n) is 19.1. The summed E-state index contributed by atoms with van der Waals surface area (Å²) < 4.78 is 0. The normalized spacial score (nSPS) is 21.6. The summed E-state index contributed by atoms with van der Waals surface area (Å²) >= 11 is 0.